The van der Waals surface area contributed by atoms with Crippen LogP contribution in [0.4, 0.5) is 11.4 Å². The summed E-state index contributed by atoms with van der Waals surface area (Å²) >= 11 is 6.01. The van der Waals surface area contributed by atoms with Gasteiger partial charge < -0.3 is 19.9 Å². The number of halogens is 1. The quantitative estimate of drug-likeness (QED) is 0.546. The molecule has 0 radical (unpaired) electrons. The largest absolute Gasteiger partial charge is 0.484 e. The number of nitrogens with one attached hydrogen (secondary N) is 1. The van der Waals surface area contributed by atoms with Crippen molar-refractivity contribution in [1.82, 2.24) is 4.90 Å². The molecule has 0 saturated carbocycles. The van der Waals surface area contributed by atoms with E-state index in [0.29, 0.717) is 29.5 Å². The van der Waals surface area contributed by atoms with Crippen molar-refractivity contribution in [3.63, 3.8) is 0 Å². The highest BCUT2D eigenvalue weighted by atomic mass is 35.5. The Labute approximate surface area is 205 Å². The lowest BCUT2D eigenvalue weighted by Gasteiger charge is -2.36. The van der Waals surface area contributed by atoms with Crippen LogP contribution < -0.4 is 15.0 Å². The van der Waals surface area contributed by atoms with Crippen molar-refractivity contribution in [1.29, 1.82) is 0 Å². The molecule has 0 atom stereocenters. The zero-order chi connectivity index (χ0) is 24.1. The van der Waals surface area contributed by atoms with E-state index in [4.69, 9.17) is 16.3 Å². The first-order chi connectivity index (χ1) is 16.4. The number of benzene rings is 3. The van der Waals surface area contributed by atoms with Gasteiger partial charge in [0.1, 0.15) is 5.75 Å². The predicted octanol–water partition coefficient (Wildman–Crippen LogP) is 4.94. The van der Waals surface area contributed by atoms with E-state index in [-0.39, 0.29) is 18.4 Å². The average molecular weight is 478 g/mol. The van der Waals surface area contributed by atoms with Crippen molar-refractivity contribution in [3.05, 3.63) is 88.4 Å². The summed E-state index contributed by atoms with van der Waals surface area (Å²) in [6.07, 6.45) is 0. The van der Waals surface area contributed by atoms with Crippen LogP contribution in [-0.4, -0.2) is 49.5 Å². The molecule has 1 saturated heterocycles. The van der Waals surface area contributed by atoms with Crippen LogP contribution >= 0.6 is 11.6 Å². The number of anilines is 2. The summed E-state index contributed by atoms with van der Waals surface area (Å²) < 4.78 is 5.55. The number of hydrogen-bond donors (Lipinski definition) is 1. The average Bonchev–Trinajstić information content (AvgIpc) is 2.85. The Morgan fingerprint density at radius 2 is 1.59 bits per heavy atom. The van der Waals surface area contributed by atoms with Crippen molar-refractivity contribution in [2.75, 3.05) is 43.0 Å². The van der Waals surface area contributed by atoms with Gasteiger partial charge in [-0.25, -0.2) is 0 Å². The van der Waals surface area contributed by atoms with Gasteiger partial charge in [-0.2, -0.15) is 0 Å². The summed E-state index contributed by atoms with van der Waals surface area (Å²) in [5, 5.41) is 3.51. The Morgan fingerprint density at radius 1 is 0.912 bits per heavy atom. The molecule has 7 heteroatoms. The minimum atomic E-state index is -0.233. The van der Waals surface area contributed by atoms with E-state index in [9.17, 15) is 9.59 Å². The highest BCUT2D eigenvalue weighted by molar-refractivity contribution is 6.31. The molecule has 2 amide bonds. The fraction of sp³-hybridized carbons (Fsp3) is 0.259. The van der Waals surface area contributed by atoms with E-state index in [2.05, 4.69) is 10.2 Å². The summed E-state index contributed by atoms with van der Waals surface area (Å²) in [5.74, 6) is 0.449. The molecular formula is C27H28ClN3O3. The number of nitrogens with zero attached hydrogens (tertiary/aromatic N) is 2. The minimum Gasteiger partial charge on any atom is -0.484 e. The zero-order valence-electron chi connectivity index (χ0n) is 19.4. The van der Waals surface area contributed by atoms with Gasteiger partial charge in [0.05, 0.1) is 0 Å². The van der Waals surface area contributed by atoms with E-state index >= 15 is 0 Å². The number of carbonyl (C=O) groups excluding carboxylic acids is 2. The first-order valence-corrected chi connectivity index (χ1v) is 11.7. The van der Waals surface area contributed by atoms with Crippen LogP contribution in [0.2, 0.25) is 5.02 Å². The Balaban J connectivity index is 1.25. The molecule has 4 rings (SSSR count). The molecular weight excluding hydrogens is 450 g/mol. The van der Waals surface area contributed by atoms with Crippen molar-refractivity contribution in [2.24, 2.45) is 0 Å². The SMILES string of the molecule is Cc1ccc(C(=O)N2CCN(c3ccc(NC(=O)COc4ccc(Cl)c(C)c4)cc3)CC2)cc1. The van der Waals surface area contributed by atoms with Gasteiger partial charge in [-0.1, -0.05) is 29.3 Å². The third-order valence-corrected chi connectivity index (χ3v) is 6.31. The molecule has 0 unspecified atom stereocenters. The van der Waals surface area contributed by atoms with Crippen molar-refractivity contribution in [3.8, 4) is 5.75 Å². The number of amides is 2. The number of aryl methyl sites for hydroxylation is 2. The molecule has 3 aromatic rings. The molecule has 1 fully saturated rings. The predicted molar refractivity (Wildman–Crippen MR) is 136 cm³/mol. The summed E-state index contributed by atoms with van der Waals surface area (Å²) in [4.78, 5) is 29.1. The smallest absolute Gasteiger partial charge is 0.262 e. The second kappa shape index (κ2) is 10.6. The lowest BCUT2D eigenvalue weighted by atomic mass is 10.1. The fourth-order valence-electron chi connectivity index (χ4n) is 3.85. The first-order valence-electron chi connectivity index (χ1n) is 11.3. The summed E-state index contributed by atoms with van der Waals surface area (Å²) in [7, 11) is 0. The van der Waals surface area contributed by atoms with Crippen LogP contribution in [0.25, 0.3) is 0 Å². The maximum atomic E-state index is 12.7. The van der Waals surface area contributed by atoms with E-state index in [0.717, 1.165) is 35.5 Å². The van der Waals surface area contributed by atoms with Gasteiger partial charge in [-0.3, -0.25) is 9.59 Å². The van der Waals surface area contributed by atoms with Gasteiger partial charge in [-0.15, -0.1) is 0 Å². The first kappa shape index (κ1) is 23.6. The lowest BCUT2D eigenvalue weighted by Crippen LogP contribution is -2.48. The van der Waals surface area contributed by atoms with Gasteiger partial charge in [-0.05, 0) is 74.0 Å². The molecule has 1 heterocycles. The Bertz CT molecular complexity index is 1150. The Hall–Kier alpha value is -3.51. The molecule has 6 nitrogen and oxygen atoms in total. The Morgan fingerprint density at radius 3 is 2.24 bits per heavy atom. The minimum absolute atomic E-state index is 0.0775. The van der Waals surface area contributed by atoms with Crippen molar-refractivity contribution < 1.29 is 14.3 Å². The number of hydrogen-bond acceptors (Lipinski definition) is 4. The molecule has 176 valence electrons. The summed E-state index contributed by atoms with van der Waals surface area (Å²) in [6, 6.07) is 20.7. The second-order valence-electron chi connectivity index (χ2n) is 8.44. The fourth-order valence-corrected chi connectivity index (χ4v) is 3.97. The molecule has 0 aromatic heterocycles. The van der Waals surface area contributed by atoms with Crippen LogP contribution in [0, 0.1) is 13.8 Å². The normalized spacial score (nSPS) is 13.5. The van der Waals surface area contributed by atoms with Crippen LogP contribution in [0.15, 0.2) is 66.7 Å². The highest BCUT2D eigenvalue weighted by Crippen LogP contribution is 2.22. The molecule has 1 aliphatic rings. The van der Waals surface area contributed by atoms with Gasteiger partial charge >= 0.3 is 0 Å². The summed E-state index contributed by atoms with van der Waals surface area (Å²) in [5.41, 5.74) is 4.54. The van der Waals surface area contributed by atoms with Crippen LogP contribution in [0.1, 0.15) is 21.5 Å². The zero-order valence-corrected chi connectivity index (χ0v) is 20.1. The maximum absolute atomic E-state index is 12.7. The number of ether oxygens (including phenoxy) is 1. The summed E-state index contributed by atoms with van der Waals surface area (Å²) in [6.45, 7) is 6.69. The van der Waals surface area contributed by atoms with Gasteiger partial charge in [0.2, 0.25) is 0 Å². The monoisotopic (exact) mass is 477 g/mol. The van der Waals surface area contributed by atoms with Gasteiger partial charge in [0, 0.05) is 48.1 Å². The number of rotatable bonds is 6. The lowest BCUT2D eigenvalue weighted by molar-refractivity contribution is -0.118. The third kappa shape index (κ3) is 5.88. The molecule has 1 N–H and O–H groups in total. The van der Waals surface area contributed by atoms with Crippen molar-refractivity contribution in [2.45, 2.75) is 13.8 Å². The second-order valence-corrected chi connectivity index (χ2v) is 8.85. The molecule has 0 bridgehead atoms. The number of carbonyl (C=O) groups is 2. The standard InChI is InChI=1S/C27H28ClN3O3/c1-19-3-5-21(6-4-19)27(33)31-15-13-30(14-16-31)23-9-7-22(8-10-23)29-26(32)18-34-24-11-12-25(28)20(2)17-24/h3-12,17H,13-16,18H2,1-2H3,(H,29,32). The van der Waals surface area contributed by atoms with Crippen molar-refractivity contribution >= 4 is 34.8 Å². The third-order valence-electron chi connectivity index (χ3n) is 5.88. The Kier molecular flexibility index (Phi) is 7.38. The van der Waals surface area contributed by atoms with E-state index < -0.39 is 0 Å². The molecule has 1 aliphatic heterocycles. The van der Waals surface area contributed by atoms with Gasteiger partial charge in [0.15, 0.2) is 6.61 Å². The van der Waals surface area contributed by atoms with E-state index in [1.54, 1.807) is 18.2 Å². The highest BCUT2D eigenvalue weighted by Gasteiger charge is 2.22. The molecule has 0 spiro atoms. The molecule has 34 heavy (non-hydrogen) atoms. The topological polar surface area (TPSA) is 61.9 Å². The van der Waals surface area contributed by atoms with Crippen LogP contribution in [-0.2, 0) is 4.79 Å². The molecule has 3 aromatic carbocycles. The van der Waals surface area contributed by atoms with E-state index in [1.165, 1.54) is 0 Å². The maximum Gasteiger partial charge on any atom is 0.262 e. The van der Waals surface area contributed by atoms with Crippen LogP contribution in [0.5, 0.6) is 5.75 Å². The van der Waals surface area contributed by atoms with E-state index in [1.807, 2.05) is 67.3 Å². The van der Waals surface area contributed by atoms with Crippen LogP contribution in [0.3, 0.4) is 0 Å². The van der Waals surface area contributed by atoms with Gasteiger partial charge in [0.25, 0.3) is 11.8 Å². The molecule has 0 aliphatic carbocycles. The number of piperazine rings is 1.